The van der Waals surface area contributed by atoms with Crippen LogP contribution < -0.4 is 5.32 Å². The van der Waals surface area contributed by atoms with E-state index < -0.39 is 0 Å². The van der Waals surface area contributed by atoms with Crippen LogP contribution in [0.3, 0.4) is 0 Å². The van der Waals surface area contributed by atoms with Gasteiger partial charge < -0.3 is 10.7 Å². The highest BCUT2D eigenvalue weighted by molar-refractivity contribution is 5.74. The first-order valence-electron chi connectivity index (χ1n) is 2.19. The lowest BCUT2D eigenvalue weighted by molar-refractivity contribution is 1.05. The van der Waals surface area contributed by atoms with Crippen molar-refractivity contribution in [3.63, 3.8) is 0 Å². The van der Waals surface area contributed by atoms with Crippen LogP contribution in [-0.2, 0) is 0 Å². The van der Waals surface area contributed by atoms with E-state index in [1.807, 2.05) is 13.0 Å². The highest BCUT2D eigenvalue weighted by Crippen LogP contribution is 1.76. The van der Waals surface area contributed by atoms with Crippen LogP contribution in [0.15, 0.2) is 11.8 Å². The molecule has 0 amide bonds. The molecule has 7 heavy (non-hydrogen) atoms. The van der Waals surface area contributed by atoms with Gasteiger partial charge >= 0.3 is 0 Å². The van der Waals surface area contributed by atoms with E-state index in [0.29, 0.717) is 0 Å². The van der Waals surface area contributed by atoms with Crippen molar-refractivity contribution in [2.75, 3.05) is 7.05 Å². The fourth-order valence-electron chi connectivity index (χ4n) is 0.300. The highest BCUT2D eigenvalue weighted by Gasteiger charge is 1.76. The topological polar surface area (TPSA) is 35.9 Å². The van der Waals surface area contributed by atoms with Gasteiger partial charge in [0.05, 0.1) is 0 Å². The van der Waals surface area contributed by atoms with Crippen molar-refractivity contribution < 1.29 is 0 Å². The zero-order chi connectivity index (χ0) is 5.70. The van der Waals surface area contributed by atoms with Gasteiger partial charge in [0, 0.05) is 19.0 Å². The third-order valence-corrected chi connectivity index (χ3v) is 0.755. The third-order valence-electron chi connectivity index (χ3n) is 0.755. The summed E-state index contributed by atoms with van der Waals surface area (Å²) in [6.07, 6.45) is 3.12. The summed E-state index contributed by atoms with van der Waals surface area (Å²) in [4.78, 5) is 0. The quantitative estimate of drug-likeness (QED) is 0.491. The molecule has 0 aliphatic carbocycles. The lowest BCUT2D eigenvalue weighted by Gasteiger charge is -1.92. The van der Waals surface area contributed by atoms with E-state index in [0.717, 1.165) is 5.70 Å². The summed E-state index contributed by atoms with van der Waals surface area (Å²) >= 11 is 0. The molecule has 0 spiro atoms. The highest BCUT2D eigenvalue weighted by atomic mass is 14.8. The van der Waals surface area contributed by atoms with Crippen LogP contribution in [0.25, 0.3) is 0 Å². The summed E-state index contributed by atoms with van der Waals surface area (Å²) < 4.78 is 0. The maximum atomic E-state index is 6.70. The van der Waals surface area contributed by atoms with E-state index in [1.54, 1.807) is 7.05 Å². The molecule has 0 fully saturated rings. The summed E-state index contributed by atoms with van der Waals surface area (Å²) in [5.41, 5.74) is 0.847. The zero-order valence-electron chi connectivity index (χ0n) is 4.65. The molecule has 0 atom stereocenters. The molecule has 0 aromatic rings. The van der Waals surface area contributed by atoms with Gasteiger partial charge in [-0.25, -0.2) is 0 Å². The smallest absolute Gasteiger partial charge is 0.0473 e. The fraction of sp³-hybridized carbons (Fsp3) is 0.400. The normalized spacial score (nSPS) is 10.9. The summed E-state index contributed by atoms with van der Waals surface area (Å²) in [5, 5.41) is 9.52. The molecular weight excluding hydrogens is 88.1 g/mol. The first kappa shape index (κ1) is 6.21. The lowest BCUT2D eigenvalue weighted by atomic mass is 10.4. The van der Waals surface area contributed by atoms with Crippen molar-refractivity contribution in [1.29, 1.82) is 5.41 Å². The van der Waals surface area contributed by atoms with E-state index in [-0.39, 0.29) is 0 Å². The number of hydrogen-bond acceptors (Lipinski definition) is 2. The Kier molecular flexibility index (Phi) is 3.02. The third kappa shape index (κ3) is 1.98. The Labute approximate surface area is 43.7 Å². The molecule has 0 saturated carbocycles. The lowest BCUT2D eigenvalue weighted by Crippen LogP contribution is -2.04. The van der Waals surface area contributed by atoms with E-state index in [1.165, 1.54) is 6.21 Å². The Morgan fingerprint density at radius 2 is 2.29 bits per heavy atom. The molecule has 2 heteroatoms. The molecular formula is C5H10N2. The van der Waals surface area contributed by atoms with Crippen LogP contribution in [0.1, 0.15) is 6.92 Å². The van der Waals surface area contributed by atoms with E-state index >= 15 is 0 Å². The Balaban J connectivity index is 3.60. The Morgan fingerprint density at radius 1 is 1.71 bits per heavy atom. The number of hydrogen-bond donors (Lipinski definition) is 2. The maximum Gasteiger partial charge on any atom is 0.0473 e. The Bertz CT molecular complexity index is 84.1. The summed E-state index contributed by atoms with van der Waals surface area (Å²) in [5.74, 6) is 0. The molecule has 0 rings (SSSR count). The molecule has 40 valence electrons. The molecule has 0 unspecified atom stereocenters. The first-order valence-corrected chi connectivity index (χ1v) is 2.19. The second-order valence-electron chi connectivity index (χ2n) is 1.14. The van der Waals surface area contributed by atoms with Gasteiger partial charge in [-0.1, -0.05) is 6.08 Å². The van der Waals surface area contributed by atoms with Crippen LogP contribution in [0, 0.1) is 5.41 Å². The van der Waals surface area contributed by atoms with Gasteiger partial charge in [0.2, 0.25) is 0 Å². The zero-order valence-corrected chi connectivity index (χ0v) is 4.65. The summed E-state index contributed by atoms with van der Waals surface area (Å²) in [7, 11) is 1.79. The van der Waals surface area contributed by atoms with Gasteiger partial charge in [0.1, 0.15) is 0 Å². The molecule has 0 heterocycles. The summed E-state index contributed by atoms with van der Waals surface area (Å²) in [6, 6.07) is 0. The van der Waals surface area contributed by atoms with Gasteiger partial charge in [-0.05, 0) is 6.92 Å². The van der Waals surface area contributed by atoms with Gasteiger partial charge in [-0.15, -0.1) is 0 Å². The van der Waals surface area contributed by atoms with Crippen molar-refractivity contribution in [3.05, 3.63) is 11.8 Å². The fourth-order valence-corrected chi connectivity index (χ4v) is 0.300. The maximum absolute atomic E-state index is 6.70. The molecule has 2 N–H and O–H groups in total. The van der Waals surface area contributed by atoms with Crippen molar-refractivity contribution in [2.24, 2.45) is 0 Å². The molecule has 0 aliphatic heterocycles. The van der Waals surface area contributed by atoms with Crippen LogP contribution in [0.4, 0.5) is 0 Å². The van der Waals surface area contributed by atoms with Gasteiger partial charge in [-0.2, -0.15) is 0 Å². The predicted octanol–water partition coefficient (Wildman–Crippen LogP) is 0.759. The minimum atomic E-state index is 0.847. The van der Waals surface area contributed by atoms with Gasteiger partial charge in [0.25, 0.3) is 0 Å². The van der Waals surface area contributed by atoms with Gasteiger partial charge in [0.15, 0.2) is 0 Å². The molecule has 0 bridgehead atoms. The van der Waals surface area contributed by atoms with Crippen LogP contribution >= 0.6 is 0 Å². The van der Waals surface area contributed by atoms with E-state index in [4.69, 9.17) is 5.41 Å². The van der Waals surface area contributed by atoms with Crippen molar-refractivity contribution in [2.45, 2.75) is 6.92 Å². The second-order valence-corrected chi connectivity index (χ2v) is 1.14. The molecule has 0 aliphatic rings. The van der Waals surface area contributed by atoms with Crippen molar-refractivity contribution in [1.82, 2.24) is 5.32 Å². The summed E-state index contributed by atoms with van der Waals surface area (Å²) in [6.45, 7) is 1.89. The average molecular weight is 98.1 g/mol. The number of rotatable bonds is 2. The Hall–Kier alpha value is -0.790. The molecule has 2 nitrogen and oxygen atoms in total. The second kappa shape index (κ2) is 3.40. The average Bonchev–Trinajstić information content (AvgIpc) is 1.72. The standard InChI is InChI=1S/C5H10N2/c1-3-5(4-6)7-2/h3-4,6-7H,1-2H3/b5-3+,6-4?. The largest absolute Gasteiger partial charge is 0.387 e. The van der Waals surface area contributed by atoms with Gasteiger partial charge in [-0.3, -0.25) is 0 Å². The van der Waals surface area contributed by atoms with Crippen LogP contribution in [0.2, 0.25) is 0 Å². The first-order chi connectivity index (χ1) is 3.35. The van der Waals surface area contributed by atoms with Crippen molar-refractivity contribution >= 4 is 6.21 Å². The van der Waals surface area contributed by atoms with E-state index in [2.05, 4.69) is 5.32 Å². The monoisotopic (exact) mass is 98.1 g/mol. The predicted molar refractivity (Wildman–Crippen MR) is 31.6 cm³/mol. The minimum absolute atomic E-state index is 0.847. The molecule has 0 aromatic carbocycles. The number of allylic oxidation sites excluding steroid dienone is 2. The molecule has 0 radical (unpaired) electrons. The van der Waals surface area contributed by atoms with E-state index in [9.17, 15) is 0 Å². The Morgan fingerprint density at radius 3 is 2.29 bits per heavy atom. The number of nitrogens with one attached hydrogen (secondary N) is 2. The molecule has 0 aromatic heterocycles. The van der Waals surface area contributed by atoms with Crippen molar-refractivity contribution in [3.8, 4) is 0 Å². The van der Waals surface area contributed by atoms with Crippen LogP contribution in [0.5, 0.6) is 0 Å². The minimum Gasteiger partial charge on any atom is -0.387 e. The SMILES string of the molecule is C/C=C(\C=N)NC. The molecule has 0 saturated heterocycles. The van der Waals surface area contributed by atoms with Crippen LogP contribution in [-0.4, -0.2) is 13.3 Å².